The van der Waals surface area contributed by atoms with Crippen LogP contribution in [-0.4, -0.2) is 18.9 Å². The molecule has 3 heteroatoms. The fourth-order valence-electron chi connectivity index (χ4n) is 3.22. The number of nitrogens with two attached hydrogens (primary N) is 1. The van der Waals surface area contributed by atoms with Crippen LogP contribution in [0.1, 0.15) is 35.2 Å². The average Bonchev–Trinajstić information content (AvgIpc) is 3.05. The van der Waals surface area contributed by atoms with Crippen LogP contribution in [0.3, 0.4) is 0 Å². The molecule has 0 bridgehead atoms. The first kappa shape index (κ1) is 11.7. The van der Waals surface area contributed by atoms with E-state index in [4.69, 9.17) is 10.5 Å². The summed E-state index contributed by atoms with van der Waals surface area (Å²) in [6, 6.07) is 5.84. The molecule has 0 aromatic heterocycles. The van der Waals surface area contributed by atoms with Crippen LogP contribution in [0, 0.1) is 11.8 Å². The molecule has 1 heterocycles. The van der Waals surface area contributed by atoms with Crippen LogP contribution >= 0.6 is 0 Å². The Labute approximate surface area is 107 Å². The van der Waals surface area contributed by atoms with E-state index in [-0.39, 0.29) is 11.7 Å². The predicted octanol–water partition coefficient (Wildman–Crippen LogP) is 2.18. The molecular weight excluding hydrogens is 226 g/mol. The van der Waals surface area contributed by atoms with Crippen molar-refractivity contribution in [3.8, 4) is 5.75 Å². The molecule has 2 unspecified atom stereocenters. The fourth-order valence-corrected chi connectivity index (χ4v) is 3.22. The number of Topliss-reactive ketones (excluding diaryl/α,β-unsaturated/α-hetero) is 1. The molecule has 1 aromatic rings. The van der Waals surface area contributed by atoms with E-state index >= 15 is 0 Å². The number of ketones is 1. The highest BCUT2D eigenvalue weighted by Crippen LogP contribution is 2.35. The van der Waals surface area contributed by atoms with E-state index in [9.17, 15) is 4.79 Å². The maximum absolute atomic E-state index is 12.5. The van der Waals surface area contributed by atoms with E-state index < -0.39 is 0 Å². The Hall–Kier alpha value is -1.35. The second-order valence-electron chi connectivity index (χ2n) is 5.32. The predicted molar refractivity (Wildman–Crippen MR) is 69.9 cm³/mol. The van der Waals surface area contributed by atoms with Gasteiger partial charge in [0, 0.05) is 17.9 Å². The van der Waals surface area contributed by atoms with Crippen LogP contribution < -0.4 is 10.5 Å². The highest BCUT2D eigenvalue weighted by molar-refractivity contribution is 5.98. The van der Waals surface area contributed by atoms with Crippen LogP contribution in [0.15, 0.2) is 18.2 Å². The lowest BCUT2D eigenvalue weighted by Gasteiger charge is -2.16. The molecule has 3 rings (SSSR count). The zero-order valence-corrected chi connectivity index (χ0v) is 10.5. The molecular formula is C15H19NO2. The first-order chi connectivity index (χ1) is 8.79. The maximum atomic E-state index is 12.5. The summed E-state index contributed by atoms with van der Waals surface area (Å²) in [4.78, 5) is 12.5. The number of benzene rings is 1. The molecule has 0 amide bonds. The molecule has 0 radical (unpaired) electrons. The minimum atomic E-state index is 0.135. The van der Waals surface area contributed by atoms with Crippen molar-refractivity contribution in [2.45, 2.75) is 25.7 Å². The zero-order chi connectivity index (χ0) is 12.5. The standard InChI is InChI=1S/C15H19NO2/c16-9-12-2-1-3-13(12)15(17)11-4-5-14-10(8-11)6-7-18-14/h4-5,8,12-13H,1-3,6-7,9,16H2. The van der Waals surface area contributed by atoms with E-state index in [1.54, 1.807) is 0 Å². The Morgan fingerprint density at radius 1 is 1.39 bits per heavy atom. The van der Waals surface area contributed by atoms with Gasteiger partial charge in [-0.2, -0.15) is 0 Å². The van der Waals surface area contributed by atoms with Crippen molar-refractivity contribution in [1.82, 2.24) is 0 Å². The Kier molecular flexibility index (Phi) is 3.08. The fraction of sp³-hybridized carbons (Fsp3) is 0.533. The monoisotopic (exact) mass is 245 g/mol. The summed E-state index contributed by atoms with van der Waals surface area (Å²) in [5.41, 5.74) is 7.77. The summed E-state index contributed by atoms with van der Waals surface area (Å²) >= 11 is 0. The third-order valence-electron chi connectivity index (χ3n) is 4.27. The first-order valence-corrected chi connectivity index (χ1v) is 6.79. The number of ether oxygens (including phenoxy) is 1. The van der Waals surface area contributed by atoms with Gasteiger partial charge in [-0.25, -0.2) is 0 Å². The second kappa shape index (κ2) is 4.73. The highest BCUT2D eigenvalue weighted by atomic mass is 16.5. The maximum Gasteiger partial charge on any atom is 0.166 e. The summed E-state index contributed by atoms with van der Waals surface area (Å²) in [5, 5.41) is 0. The smallest absolute Gasteiger partial charge is 0.166 e. The van der Waals surface area contributed by atoms with E-state index in [1.165, 1.54) is 5.56 Å². The van der Waals surface area contributed by atoms with Gasteiger partial charge in [-0.15, -0.1) is 0 Å². The van der Waals surface area contributed by atoms with Gasteiger partial charge in [-0.1, -0.05) is 6.42 Å². The van der Waals surface area contributed by atoms with Gasteiger partial charge in [-0.05, 0) is 49.1 Å². The van der Waals surface area contributed by atoms with Gasteiger partial charge in [0.05, 0.1) is 6.61 Å². The zero-order valence-electron chi connectivity index (χ0n) is 10.5. The Balaban J connectivity index is 1.84. The van der Waals surface area contributed by atoms with Crippen molar-refractivity contribution in [3.63, 3.8) is 0 Å². The molecule has 2 aliphatic rings. The van der Waals surface area contributed by atoms with Crippen LogP contribution in [0.4, 0.5) is 0 Å². The Morgan fingerprint density at radius 3 is 3.11 bits per heavy atom. The molecule has 96 valence electrons. The number of carbonyl (C=O) groups excluding carboxylic acids is 1. The quantitative estimate of drug-likeness (QED) is 0.830. The summed E-state index contributed by atoms with van der Waals surface area (Å²) in [7, 11) is 0. The number of fused-ring (bicyclic) bond motifs is 1. The van der Waals surface area contributed by atoms with Crippen LogP contribution in [0.25, 0.3) is 0 Å². The minimum absolute atomic E-state index is 0.135. The summed E-state index contributed by atoms with van der Waals surface area (Å²) < 4.78 is 5.47. The van der Waals surface area contributed by atoms with Gasteiger partial charge in [0.15, 0.2) is 5.78 Å². The van der Waals surface area contributed by atoms with Gasteiger partial charge < -0.3 is 10.5 Å². The number of rotatable bonds is 3. The van der Waals surface area contributed by atoms with E-state index in [0.717, 1.165) is 43.6 Å². The molecule has 18 heavy (non-hydrogen) atoms. The molecule has 2 N–H and O–H groups in total. The van der Waals surface area contributed by atoms with Crippen molar-refractivity contribution < 1.29 is 9.53 Å². The average molecular weight is 245 g/mol. The molecule has 1 aliphatic carbocycles. The highest BCUT2D eigenvalue weighted by Gasteiger charge is 2.32. The lowest BCUT2D eigenvalue weighted by atomic mass is 9.88. The molecule has 0 spiro atoms. The minimum Gasteiger partial charge on any atom is -0.493 e. The van der Waals surface area contributed by atoms with E-state index in [2.05, 4.69) is 0 Å². The van der Waals surface area contributed by atoms with Crippen molar-refractivity contribution in [2.75, 3.05) is 13.2 Å². The third-order valence-corrected chi connectivity index (χ3v) is 4.27. The van der Waals surface area contributed by atoms with Gasteiger partial charge in [-0.3, -0.25) is 4.79 Å². The number of hydrogen-bond acceptors (Lipinski definition) is 3. The van der Waals surface area contributed by atoms with Crippen molar-refractivity contribution >= 4 is 5.78 Å². The van der Waals surface area contributed by atoms with E-state index in [0.29, 0.717) is 12.5 Å². The number of carbonyl (C=O) groups is 1. The molecule has 1 aromatic carbocycles. The third kappa shape index (κ3) is 1.93. The molecule has 3 nitrogen and oxygen atoms in total. The Morgan fingerprint density at radius 2 is 2.28 bits per heavy atom. The van der Waals surface area contributed by atoms with Crippen molar-refractivity contribution in [3.05, 3.63) is 29.3 Å². The van der Waals surface area contributed by atoms with E-state index in [1.807, 2.05) is 18.2 Å². The molecule has 0 saturated heterocycles. The summed E-state index contributed by atoms with van der Waals surface area (Å²) in [6.45, 7) is 1.37. The lowest BCUT2D eigenvalue weighted by molar-refractivity contribution is 0.0893. The molecule has 1 saturated carbocycles. The van der Waals surface area contributed by atoms with Crippen LogP contribution in [-0.2, 0) is 6.42 Å². The normalized spacial score (nSPS) is 25.8. The lowest BCUT2D eigenvalue weighted by Crippen LogP contribution is -2.25. The summed E-state index contributed by atoms with van der Waals surface area (Å²) in [6.07, 6.45) is 4.14. The Bertz CT molecular complexity index is 470. The molecule has 2 atom stereocenters. The van der Waals surface area contributed by atoms with Crippen molar-refractivity contribution in [2.24, 2.45) is 17.6 Å². The van der Waals surface area contributed by atoms with Gasteiger partial charge in [0.2, 0.25) is 0 Å². The van der Waals surface area contributed by atoms with Gasteiger partial charge >= 0.3 is 0 Å². The SMILES string of the molecule is NCC1CCCC1C(=O)c1ccc2c(c1)CCO2. The largest absolute Gasteiger partial charge is 0.493 e. The van der Waals surface area contributed by atoms with Crippen LogP contribution in [0.2, 0.25) is 0 Å². The van der Waals surface area contributed by atoms with Gasteiger partial charge in [0.25, 0.3) is 0 Å². The molecule has 1 aliphatic heterocycles. The second-order valence-corrected chi connectivity index (χ2v) is 5.32. The number of hydrogen-bond donors (Lipinski definition) is 1. The van der Waals surface area contributed by atoms with Gasteiger partial charge in [0.1, 0.15) is 5.75 Å². The molecule has 1 fully saturated rings. The first-order valence-electron chi connectivity index (χ1n) is 6.79. The summed E-state index contributed by atoms with van der Waals surface area (Å²) in [5.74, 6) is 1.73. The van der Waals surface area contributed by atoms with Crippen LogP contribution in [0.5, 0.6) is 5.75 Å². The topological polar surface area (TPSA) is 52.3 Å². The van der Waals surface area contributed by atoms with Crippen molar-refractivity contribution in [1.29, 1.82) is 0 Å².